The van der Waals surface area contributed by atoms with E-state index in [-0.39, 0.29) is 11.9 Å². The fraction of sp³-hybridized carbons (Fsp3) is 0.909. The van der Waals surface area contributed by atoms with E-state index < -0.39 is 0 Å². The summed E-state index contributed by atoms with van der Waals surface area (Å²) in [5.41, 5.74) is 0. The molecule has 5 heteroatoms. The Morgan fingerprint density at radius 3 is 2.94 bits per heavy atom. The van der Waals surface area contributed by atoms with Gasteiger partial charge in [-0.2, -0.15) is 11.8 Å². The topological polar surface area (TPSA) is 44.4 Å². The fourth-order valence-corrected chi connectivity index (χ4v) is 3.17. The Labute approximate surface area is 102 Å². The lowest BCUT2D eigenvalue weighted by atomic mass is 10.2. The van der Waals surface area contributed by atoms with Crippen molar-refractivity contribution in [2.24, 2.45) is 0 Å². The van der Waals surface area contributed by atoms with Crippen molar-refractivity contribution in [1.82, 2.24) is 15.5 Å². The highest BCUT2D eigenvalue weighted by molar-refractivity contribution is 7.99. The molecular weight excluding hydrogens is 222 g/mol. The highest BCUT2D eigenvalue weighted by atomic mass is 32.2. The predicted octanol–water partition coefficient (Wildman–Crippen LogP) is -0.0966. The summed E-state index contributed by atoms with van der Waals surface area (Å²) in [6, 6.07) is 0.0666. The zero-order chi connectivity index (χ0) is 11.2. The first kappa shape index (κ1) is 12.2. The Morgan fingerprint density at radius 2 is 2.25 bits per heavy atom. The number of carbonyl (C=O) groups excluding carboxylic acids is 1. The summed E-state index contributed by atoms with van der Waals surface area (Å²) in [6.07, 6.45) is 2.12. The smallest absolute Gasteiger partial charge is 0.237 e. The normalized spacial score (nSPS) is 26.9. The summed E-state index contributed by atoms with van der Waals surface area (Å²) in [5.74, 6) is 2.65. The molecule has 1 atom stereocenters. The van der Waals surface area contributed by atoms with Crippen LogP contribution in [0.3, 0.4) is 0 Å². The van der Waals surface area contributed by atoms with E-state index in [4.69, 9.17) is 0 Å². The second-order valence-electron chi connectivity index (χ2n) is 4.39. The van der Waals surface area contributed by atoms with Gasteiger partial charge in [-0.3, -0.25) is 9.69 Å². The highest BCUT2D eigenvalue weighted by Gasteiger charge is 2.21. The molecule has 0 spiro atoms. The number of hydrogen-bond donors (Lipinski definition) is 2. The zero-order valence-corrected chi connectivity index (χ0v) is 10.5. The van der Waals surface area contributed by atoms with Crippen LogP contribution in [0.25, 0.3) is 0 Å². The molecule has 0 aromatic carbocycles. The molecule has 2 fully saturated rings. The molecule has 0 radical (unpaired) electrons. The molecule has 92 valence electrons. The summed E-state index contributed by atoms with van der Waals surface area (Å²) in [6.45, 7) is 5.12. The predicted molar refractivity (Wildman–Crippen MR) is 67.8 cm³/mol. The van der Waals surface area contributed by atoms with Crippen molar-refractivity contribution in [1.29, 1.82) is 0 Å². The lowest BCUT2D eigenvalue weighted by Gasteiger charge is -2.26. The van der Waals surface area contributed by atoms with Crippen LogP contribution in [0.4, 0.5) is 0 Å². The van der Waals surface area contributed by atoms with Crippen LogP contribution in [0, 0.1) is 0 Å². The first-order chi connectivity index (χ1) is 7.86. The van der Waals surface area contributed by atoms with Crippen LogP contribution in [-0.4, -0.2) is 61.1 Å². The second-order valence-corrected chi connectivity index (χ2v) is 5.62. The number of rotatable bonds is 4. The summed E-state index contributed by atoms with van der Waals surface area (Å²) < 4.78 is 0. The molecule has 0 bridgehead atoms. The number of hydrogen-bond acceptors (Lipinski definition) is 4. The van der Waals surface area contributed by atoms with Crippen molar-refractivity contribution in [3.63, 3.8) is 0 Å². The van der Waals surface area contributed by atoms with Gasteiger partial charge in [0.1, 0.15) is 0 Å². The average molecular weight is 243 g/mol. The molecule has 0 saturated carbocycles. The Balaban J connectivity index is 1.57. The SMILES string of the molecule is O=C(NCCN1CCSCC1)[C@H]1CCCN1. The molecule has 0 unspecified atom stereocenters. The molecule has 16 heavy (non-hydrogen) atoms. The minimum absolute atomic E-state index is 0.0666. The van der Waals surface area contributed by atoms with Crippen molar-refractivity contribution in [2.75, 3.05) is 44.2 Å². The van der Waals surface area contributed by atoms with Gasteiger partial charge in [-0.15, -0.1) is 0 Å². The zero-order valence-electron chi connectivity index (χ0n) is 9.71. The van der Waals surface area contributed by atoms with Crippen molar-refractivity contribution < 1.29 is 4.79 Å². The summed E-state index contributed by atoms with van der Waals surface area (Å²) in [4.78, 5) is 14.1. The molecular formula is C11H21N3OS. The fourth-order valence-electron chi connectivity index (χ4n) is 2.19. The maximum absolute atomic E-state index is 11.7. The summed E-state index contributed by atoms with van der Waals surface area (Å²) in [7, 11) is 0. The van der Waals surface area contributed by atoms with Crippen LogP contribution < -0.4 is 10.6 Å². The summed E-state index contributed by atoms with van der Waals surface area (Å²) in [5, 5.41) is 6.24. The van der Waals surface area contributed by atoms with Crippen LogP contribution in [0.15, 0.2) is 0 Å². The second kappa shape index (κ2) is 6.47. The number of nitrogens with one attached hydrogen (secondary N) is 2. The van der Waals surface area contributed by atoms with Gasteiger partial charge < -0.3 is 10.6 Å². The van der Waals surface area contributed by atoms with Gasteiger partial charge in [0.15, 0.2) is 0 Å². The molecule has 1 amide bonds. The first-order valence-corrected chi connectivity index (χ1v) is 7.33. The maximum atomic E-state index is 11.7. The van der Waals surface area contributed by atoms with E-state index in [1.54, 1.807) is 0 Å². The van der Waals surface area contributed by atoms with E-state index in [0.29, 0.717) is 0 Å². The number of amides is 1. The van der Waals surface area contributed by atoms with E-state index in [9.17, 15) is 4.79 Å². The Bertz CT molecular complexity index is 225. The van der Waals surface area contributed by atoms with E-state index in [1.807, 2.05) is 11.8 Å². The number of carbonyl (C=O) groups is 1. The molecule has 2 saturated heterocycles. The van der Waals surface area contributed by atoms with Gasteiger partial charge in [-0.05, 0) is 19.4 Å². The third-order valence-electron chi connectivity index (χ3n) is 3.21. The monoisotopic (exact) mass is 243 g/mol. The Morgan fingerprint density at radius 1 is 1.44 bits per heavy atom. The van der Waals surface area contributed by atoms with Gasteiger partial charge in [-0.1, -0.05) is 0 Å². The van der Waals surface area contributed by atoms with E-state index in [0.717, 1.165) is 32.5 Å². The lowest BCUT2D eigenvalue weighted by molar-refractivity contribution is -0.122. The molecule has 2 N–H and O–H groups in total. The largest absolute Gasteiger partial charge is 0.353 e. The minimum Gasteiger partial charge on any atom is -0.353 e. The average Bonchev–Trinajstić information content (AvgIpc) is 2.84. The molecule has 0 aliphatic carbocycles. The molecule has 0 aromatic rings. The maximum Gasteiger partial charge on any atom is 0.237 e. The van der Waals surface area contributed by atoms with E-state index in [2.05, 4.69) is 15.5 Å². The molecule has 2 rings (SSSR count). The van der Waals surface area contributed by atoms with E-state index in [1.165, 1.54) is 24.6 Å². The van der Waals surface area contributed by atoms with Gasteiger partial charge in [-0.25, -0.2) is 0 Å². The first-order valence-electron chi connectivity index (χ1n) is 6.17. The van der Waals surface area contributed by atoms with Crippen molar-refractivity contribution in [3.8, 4) is 0 Å². The molecule has 2 aliphatic rings. The summed E-state index contributed by atoms with van der Waals surface area (Å²) >= 11 is 2.02. The number of nitrogens with zero attached hydrogens (tertiary/aromatic N) is 1. The highest BCUT2D eigenvalue weighted by Crippen LogP contribution is 2.08. The molecule has 4 nitrogen and oxygen atoms in total. The standard InChI is InChI=1S/C11H21N3OS/c15-11(10-2-1-3-12-10)13-4-5-14-6-8-16-9-7-14/h10,12H,1-9H2,(H,13,15)/t10-/m1/s1. The van der Waals surface area contributed by atoms with Crippen LogP contribution in [0.2, 0.25) is 0 Å². The quantitative estimate of drug-likeness (QED) is 0.724. The van der Waals surface area contributed by atoms with Crippen LogP contribution in [0.5, 0.6) is 0 Å². The third-order valence-corrected chi connectivity index (χ3v) is 4.15. The minimum atomic E-state index is 0.0666. The third kappa shape index (κ3) is 3.64. The van der Waals surface area contributed by atoms with Crippen molar-refractivity contribution in [2.45, 2.75) is 18.9 Å². The van der Waals surface area contributed by atoms with Gasteiger partial charge in [0.2, 0.25) is 5.91 Å². The van der Waals surface area contributed by atoms with Crippen LogP contribution in [-0.2, 0) is 4.79 Å². The van der Waals surface area contributed by atoms with Gasteiger partial charge in [0, 0.05) is 37.7 Å². The molecule has 0 aromatic heterocycles. The van der Waals surface area contributed by atoms with Gasteiger partial charge in [0.25, 0.3) is 0 Å². The van der Waals surface area contributed by atoms with Gasteiger partial charge >= 0.3 is 0 Å². The molecule has 2 aliphatic heterocycles. The lowest BCUT2D eigenvalue weighted by Crippen LogP contribution is -2.44. The van der Waals surface area contributed by atoms with Gasteiger partial charge in [0.05, 0.1) is 6.04 Å². The van der Waals surface area contributed by atoms with E-state index >= 15 is 0 Å². The Kier molecular flexibility index (Phi) is 4.93. The van der Waals surface area contributed by atoms with Crippen molar-refractivity contribution in [3.05, 3.63) is 0 Å². The number of thioether (sulfide) groups is 1. The molecule has 2 heterocycles. The van der Waals surface area contributed by atoms with Crippen molar-refractivity contribution >= 4 is 17.7 Å². The van der Waals surface area contributed by atoms with Crippen LogP contribution >= 0.6 is 11.8 Å². The Hall–Kier alpha value is -0.260. The van der Waals surface area contributed by atoms with Crippen LogP contribution in [0.1, 0.15) is 12.8 Å².